The number of anilines is 1. The first-order chi connectivity index (χ1) is 12.1. The molecule has 132 valence electrons. The Balaban J connectivity index is 1.72. The molecule has 1 aromatic carbocycles. The lowest BCUT2D eigenvalue weighted by Gasteiger charge is -2.09. The third kappa shape index (κ3) is 3.78. The molecule has 8 heteroatoms. The molecule has 1 saturated carbocycles. The third-order valence-electron chi connectivity index (χ3n) is 4.51. The largest absolute Gasteiger partial charge is 0.374 e. The van der Waals surface area contributed by atoms with Gasteiger partial charge in [-0.25, -0.2) is 0 Å². The average Bonchev–Trinajstić information content (AvgIpc) is 3.30. The van der Waals surface area contributed by atoms with Crippen LogP contribution >= 0.6 is 0 Å². The fourth-order valence-electron chi connectivity index (χ4n) is 3.15. The Hall–Kier alpha value is -2.90. The minimum atomic E-state index is -0.494. The van der Waals surface area contributed by atoms with Gasteiger partial charge in [0.1, 0.15) is 5.69 Å². The van der Waals surface area contributed by atoms with E-state index in [2.05, 4.69) is 15.7 Å². The van der Waals surface area contributed by atoms with Gasteiger partial charge >= 0.3 is 0 Å². The van der Waals surface area contributed by atoms with Crippen LogP contribution in [0.3, 0.4) is 0 Å². The molecule has 1 aliphatic carbocycles. The summed E-state index contributed by atoms with van der Waals surface area (Å²) in [5.41, 5.74) is 1.33. The molecule has 2 aromatic rings. The molecule has 0 bridgehead atoms. The van der Waals surface area contributed by atoms with Crippen molar-refractivity contribution >= 4 is 17.3 Å². The molecule has 0 unspecified atom stereocenters. The quantitative estimate of drug-likeness (QED) is 0.620. The van der Waals surface area contributed by atoms with Crippen LogP contribution in [-0.4, -0.2) is 27.7 Å². The van der Waals surface area contributed by atoms with Crippen LogP contribution in [0.15, 0.2) is 30.5 Å². The summed E-state index contributed by atoms with van der Waals surface area (Å²) in [6, 6.07) is 6.78. The van der Waals surface area contributed by atoms with Crippen LogP contribution in [0, 0.1) is 10.1 Å². The van der Waals surface area contributed by atoms with E-state index in [9.17, 15) is 14.9 Å². The first kappa shape index (κ1) is 16.9. The lowest BCUT2D eigenvalue weighted by molar-refractivity contribution is -0.384. The van der Waals surface area contributed by atoms with Crippen molar-refractivity contribution in [2.45, 2.75) is 38.3 Å². The highest BCUT2D eigenvalue weighted by Crippen LogP contribution is 2.29. The van der Waals surface area contributed by atoms with Gasteiger partial charge in [0.15, 0.2) is 0 Å². The van der Waals surface area contributed by atoms with Gasteiger partial charge in [0, 0.05) is 24.9 Å². The van der Waals surface area contributed by atoms with Crippen LogP contribution in [-0.2, 0) is 6.54 Å². The molecule has 25 heavy (non-hydrogen) atoms. The predicted molar refractivity (Wildman–Crippen MR) is 93.5 cm³/mol. The van der Waals surface area contributed by atoms with Crippen LogP contribution < -0.4 is 10.6 Å². The minimum Gasteiger partial charge on any atom is -0.374 e. The average molecular weight is 343 g/mol. The molecule has 0 aliphatic heterocycles. The molecule has 8 nitrogen and oxygen atoms in total. The van der Waals surface area contributed by atoms with E-state index in [0.717, 1.165) is 18.5 Å². The summed E-state index contributed by atoms with van der Waals surface area (Å²) >= 11 is 0. The molecule has 1 heterocycles. The van der Waals surface area contributed by atoms with E-state index in [0.29, 0.717) is 18.3 Å². The van der Waals surface area contributed by atoms with Crippen molar-refractivity contribution in [3.05, 3.63) is 51.8 Å². The topological polar surface area (TPSA) is 102 Å². The summed E-state index contributed by atoms with van der Waals surface area (Å²) in [5, 5.41) is 21.4. The number of amides is 1. The van der Waals surface area contributed by atoms with E-state index in [-0.39, 0.29) is 17.2 Å². The van der Waals surface area contributed by atoms with Crippen LogP contribution in [0.5, 0.6) is 0 Å². The molecule has 0 saturated heterocycles. The first-order valence-electron chi connectivity index (χ1n) is 8.37. The van der Waals surface area contributed by atoms with Crippen LogP contribution in [0.2, 0.25) is 0 Å². The van der Waals surface area contributed by atoms with Crippen molar-refractivity contribution in [1.82, 2.24) is 15.1 Å². The van der Waals surface area contributed by atoms with E-state index < -0.39 is 4.92 Å². The zero-order valence-corrected chi connectivity index (χ0v) is 14.1. The summed E-state index contributed by atoms with van der Waals surface area (Å²) in [6.45, 7) is 0.389. The van der Waals surface area contributed by atoms with Gasteiger partial charge in [-0.2, -0.15) is 5.10 Å². The maximum atomic E-state index is 11.6. The van der Waals surface area contributed by atoms with Gasteiger partial charge in [0.2, 0.25) is 0 Å². The SMILES string of the molecule is CNC(=O)c1ccc(NCc2ccn(C3CCCC3)n2)c([N+](=O)[O-])c1. The highest BCUT2D eigenvalue weighted by Gasteiger charge is 2.19. The van der Waals surface area contributed by atoms with Crippen molar-refractivity contribution in [3.63, 3.8) is 0 Å². The maximum Gasteiger partial charge on any atom is 0.293 e. The number of hydrogen-bond acceptors (Lipinski definition) is 5. The molecular formula is C17H21N5O3. The smallest absolute Gasteiger partial charge is 0.293 e. The Kier molecular flexibility index (Phi) is 4.97. The molecule has 2 N–H and O–H groups in total. The van der Waals surface area contributed by atoms with Gasteiger partial charge in [0.25, 0.3) is 11.6 Å². The number of nitrogens with zero attached hydrogens (tertiary/aromatic N) is 3. The maximum absolute atomic E-state index is 11.6. The Morgan fingerprint density at radius 1 is 1.36 bits per heavy atom. The van der Waals surface area contributed by atoms with Crippen molar-refractivity contribution < 1.29 is 9.72 Å². The van der Waals surface area contributed by atoms with Gasteiger partial charge in [-0.1, -0.05) is 12.8 Å². The number of hydrogen-bond donors (Lipinski definition) is 2. The van der Waals surface area contributed by atoms with Crippen LogP contribution in [0.25, 0.3) is 0 Å². The van der Waals surface area contributed by atoms with Gasteiger partial charge < -0.3 is 10.6 Å². The molecule has 3 rings (SSSR count). The molecule has 1 fully saturated rings. The van der Waals surface area contributed by atoms with Gasteiger partial charge in [-0.05, 0) is 31.0 Å². The number of aromatic nitrogens is 2. The zero-order valence-electron chi connectivity index (χ0n) is 14.1. The number of nitrogens with one attached hydrogen (secondary N) is 2. The number of nitro benzene ring substituents is 1. The highest BCUT2D eigenvalue weighted by atomic mass is 16.6. The Morgan fingerprint density at radius 3 is 2.80 bits per heavy atom. The molecule has 1 amide bonds. The zero-order chi connectivity index (χ0) is 17.8. The first-order valence-corrected chi connectivity index (χ1v) is 8.37. The van der Waals surface area contributed by atoms with Crippen LogP contribution in [0.4, 0.5) is 11.4 Å². The van der Waals surface area contributed by atoms with Crippen molar-refractivity contribution in [3.8, 4) is 0 Å². The summed E-state index contributed by atoms with van der Waals surface area (Å²) in [5.74, 6) is -0.357. The second kappa shape index (κ2) is 7.33. The monoisotopic (exact) mass is 343 g/mol. The molecule has 0 spiro atoms. The number of nitro groups is 1. The summed E-state index contributed by atoms with van der Waals surface area (Å²) in [7, 11) is 1.49. The Morgan fingerprint density at radius 2 is 2.12 bits per heavy atom. The second-order valence-electron chi connectivity index (χ2n) is 6.15. The lowest BCUT2D eigenvalue weighted by Crippen LogP contribution is -2.18. The van der Waals surface area contributed by atoms with Gasteiger partial charge in [-0.15, -0.1) is 0 Å². The fourth-order valence-corrected chi connectivity index (χ4v) is 3.15. The lowest BCUT2D eigenvalue weighted by atomic mass is 10.1. The van der Waals surface area contributed by atoms with Crippen molar-refractivity contribution in [1.29, 1.82) is 0 Å². The van der Waals surface area contributed by atoms with Crippen molar-refractivity contribution in [2.24, 2.45) is 0 Å². The highest BCUT2D eigenvalue weighted by molar-refractivity contribution is 5.95. The minimum absolute atomic E-state index is 0.128. The molecule has 1 aliphatic rings. The number of carbonyl (C=O) groups excluding carboxylic acids is 1. The molecular weight excluding hydrogens is 322 g/mol. The fraction of sp³-hybridized carbons (Fsp3) is 0.412. The van der Waals surface area contributed by atoms with E-state index in [1.165, 1.54) is 26.0 Å². The Labute approximate surface area is 145 Å². The van der Waals surface area contributed by atoms with Crippen molar-refractivity contribution in [2.75, 3.05) is 12.4 Å². The van der Waals surface area contributed by atoms with E-state index in [1.807, 2.05) is 16.9 Å². The second-order valence-corrected chi connectivity index (χ2v) is 6.15. The number of rotatable bonds is 6. The molecule has 1 aromatic heterocycles. The molecule has 0 atom stereocenters. The van der Waals surface area contributed by atoms with Gasteiger partial charge in [-0.3, -0.25) is 19.6 Å². The predicted octanol–water partition coefficient (Wildman–Crippen LogP) is 2.88. The molecule has 0 radical (unpaired) electrons. The van der Waals surface area contributed by atoms with Gasteiger partial charge in [0.05, 0.1) is 23.2 Å². The number of carbonyl (C=O) groups is 1. The van der Waals surface area contributed by atoms with E-state index in [1.54, 1.807) is 12.1 Å². The Bertz CT molecular complexity index is 780. The normalized spacial score (nSPS) is 14.4. The van der Waals surface area contributed by atoms with E-state index in [4.69, 9.17) is 0 Å². The number of benzene rings is 1. The van der Waals surface area contributed by atoms with Crippen LogP contribution in [0.1, 0.15) is 47.8 Å². The standard InChI is InChI=1S/C17H21N5O3/c1-18-17(23)12-6-7-15(16(10-12)22(24)25)19-11-13-8-9-21(20-13)14-4-2-3-5-14/h6-10,14,19H,2-5,11H2,1H3,(H,18,23). The third-order valence-corrected chi connectivity index (χ3v) is 4.51. The summed E-state index contributed by atoms with van der Waals surface area (Å²) < 4.78 is 1.99. The summed E-state index contributed by atoms with van der Waals surface area (Å²) in [4.78, 5) is 22.4. The summed E-state index contributed by atoms with van der Waals surface area (Å²) in [6.07, 6.45) is 6.75. The van der Waals surface area contributed by atoms with E-state index >= 15 is 0 Å².